The fraction of sp³-hybridized carbons (Fsp3) is 0.316. The number of nitrogens with one attached hydrogen (secondary N) is 1. The van der Waals surface area contributed by atoms with Crippen molar-refractivity contribution in [1.29, 1.82) is 0 Å². The molecule has 152 valence electrons. The maximum Gasteiger partial charge on any atom is 0.416 e. The Morgan fingerprint density at radius 2 is 1.64 bits per heavy atom. The summed E-state index contributed by atoms with van der Waals surface area (Å²) in [4.78, 5) is 12.3. The third-order valence-corrected chi connectivity index (χ3v) is 5.23. The van der Waals surface area contributed by atoms with E-state index in [0.717, 1.165) is 22.7 Å². The largest absolute Gasteiger partial charge is 0.416 e. The van der Waals surface area contributed by atoms with E-state index in [4.69, 9.17) is 0 Å². The van der Waals surface area contributed by atoms with Gasteiger partial charge in [-0.3, -0.25) is 9.10 Å². The number of rotatable bonds is 6. The minimum atomic E-state index is -4.48. The molecular formula is C19H21F3N2O3S. The standard InChI is InChI=1S/C19H21F3N2O3S/c1-13-6-4-7-14(2)18(13)24(28(3,26)27)12-17(25)23-11-15-8-5-9-16(10-15)19(20,21)22/h4-10H,11-12H2,1-3H3,(H,23,25). The Morgan fingerprint density at radius 1 is 1.07 bits per heavy atom. The van der Waals surface area contributed by atoms with Gasteiger partial charge in [0.15, 0.2) is 0 Å². The molecule has 0 saturated carbocycles. The summed E-state index contributed by atoms with van der Waals surface area (Å²) in [7, 11) is -3.74. The molecule has 0 spiro atoms. The highest BCUT2D eigenvalue weighted by molar-refractivity contribution is 7.92. The van der Waals surface area contributed by atoms with E-state index >= 15 is 0 Å². The SMILES string of the molecule is Cc1cccc(C)c1N(CC(=O)NCc1cccc(C(F)(F)F)c1)S(C)(=O)=O. The topological polar surface area (TPSA) is 66.5 Å². The summed E-state index contributed by atoms with van der Waals surface area (Å²) in [6.07, 6.45) is -3.48. The number of nitrogens with zero attached hydrogens (tertiary/aromatic N) is 1. The van der Waals surface area contributed by atoms with Crippen LogP contribution in [0, 0.1) is 13.8 Å². The quantitative estimate of drug-likeness (QED) is 0.788. The number of carbonyl (C=O) groups is 1. The van der Waals surface area contributed by atoms with Crippen LogP contribution in [-0.4, -0.2) is 27.1 Å². The monoisotopic (exact) mass is 414 g/mol. The number of sulfonamides is 1. The summed E-state index contributed by atoms with van der Waals surface area (Å²) >= 11 is 0. The Hall–Kier alpha value is -2.55. The number of hydrogen-bond donors (Lipinski definition) is 1. The summed E-state index contributed by atoms with van der Waals surface area (Å²) in [5, 5.41) is 2.48. The summed E-state index contributed by atoms with van der Waals surface area (Å²) in [5.74, 6) is -0.620. The van der Waals surface area contributed by atoms with Crippen LogP contribution in [-0.2, 0) is 27.5 Å². The number of para-hydroxylation sites is 1. The van der Waals surface area contributed by atoms with E-state index in [-0.39, 0.29) is 12.1 Å². The first kappa shape index (κ1) is 21.7. The molecule has 2 aromatic carbocycles. The molecule has 0 bridgehead atoms. The molecule has 2 aromatic rings. The second-order valence-corrected chi connectivity index (χ2v) is 8.39. The Balaban J connectivity index is 2.16. The van der Waals surface area contributed by atoms with Crippen molar-refractivity contribution in [2.24, 2.45) is 0 Å². The van der Waals surface area contributed by atoms with Crippen molar-refractivity contribution < 1.29 is 26.4 Å². The van der Waals surface area contributed by atoms with Crippen LogP contribution < -0.4 is 9.62 Å². The zero-order valence-corrected chi connectivity index (χ0v) is 16.5. The van der Waals surface area contributed by atoms with Crippen LogP contribution >= 0.6 is 0 Å². The third kappa shape index (κ3) is 5.48. The molecule has 0 unspecified atom stereocenters. The number of amides is 1. The van der Waals surface area contributed by atoms with Gasteiger partial charge < -0.3 is 5.32 Å². The van der Waals surface area contributed by atoms with Gasteiger partial charge in [-0.2, -0.15) is 13.2 Å². The molecule has 1 N–H and O–H groups in total. The zero-order chi connectivity index (χ0) is 21.1. The highest BCUT2D eigenvalue weighted by atomic mass is 32.2. The van der Waals surface area contributed by atoms with Gasteiger partial charge in [-0.25, -0.2) is 8.42 Å². The molecule has 0 heterocycles. The molecule has 0 radical (unpaired) electrons. The number of halogens is 3. The molecule has 0 aromatic heterocycles. The van der Waals surface area contributed by atoms with Gasteiger partial charge in [-0.1, -0.05) is 30.3 Å². The van der Waals surface area contributed by atoms with Crippen molar-refractivity contribution in [3.8, 4) is 0 Å². The van der Waals surface area contributed by atoms with E-state index < -0.39 is 34.2 Å². The summed E-state index contributed by atoms with van der Waals surface area (Å²) in [5.41, 5.74) is 1.25. The minimum absolute atomic E-state index is 0.146. The van der Waals surface area contributed by atoms with E-state index in [0.29, 0.717) is 16.8 Å². The second kappa shape index (κ2) is 8.22. The first-order chi connectivity index (χ1) is 12.9. The molecule has 2 rings (SSSR count). The summed E-state index contributed by atoms with van der Waals surface area (Å²) < 4.78 is 63.8. The fourth-order valence-electron chi connectivity index (χ4n) is 2.81. The average molecular weight is 414 g/mol. The zero-order valence-electron chi connectivity index (χ0n) is 15.7. The molecular weight excluding hydrogens is 393 g/mol. The predicted octanol–water partition coefficient (Wildman–Crippen LogP) is 3.40. The van der Waals surface area contributed by atoms with Gasteiger partial charge in [0, 0.05) is 6.54 Å². The molecule has 5 nitrogen and oxygen atoms in total. The van der Waals surface area contributed by atoms with Crippen molar-refractivity contribution >= 4 is 21.6 Å². The van der Waals surface area contributed by atoms with Gasteiger partial charge in [0.2, 0.25) is 15.9 Å². The number of carbonyl (C=O) groups excluding carboxylic acids is 1. The van der Waals surface area contributed by atoms with Crippen LogP contribution in [0.25, 0.3) is 0 Å². The first-order valence-corrected chi connectivity index (χ1v) is 10.2. The molecule has 1 amide bonds. The van der Waals surface area contributed by atoms with E-state index in [1.165, 1.54) is 12.1 Å². The number of benzene rings is 2. The summed E-state index contributed by atoms with van der Waals surface area (Å²) in [6.45, 7) is 2.86. The van der Waals surface area contributed by atoms with Gasteiger partial charge in [0.1, 0.15) is 6.54 Å². The lowest BCUT2D eigenvalue weighted by molar-refractivity contribution is -0.137. The number of hydrogen-bond acceptors (Lipinski definition) is 3. The molecule has 9 heteroatoms. The van der Waals surface area contributed by atoms with Gasteiger partial charge in [-0.15, -0.1) is 0 Å². The number of aryl methyl sites for hydroxylation is 2. The fourth-order valence-corrected chi connectivity index (χ4v) is 3.78. The van der Waals surface area contributed by atoms with Crippen molar-refractivity contribution in [2.75, 3.05) is 17.1 Å². The molecule has 0 aliphatic rings. The van der Waals surface area contributed by atoms with Crippen LogP contribution in [0.4, 0.5) is 18.9 Å². The minimum Gasteiger partial charge on any atom is -0.350 e. The first-order valence-electron chi connectivity index (χ1n) is 8.36. The van der Waals surface area contributed by atoms with Gasteiger partial charge in [0.25, 0.3) is 0 Å². The van der Waals surface area contributed by atoms with Crippen LogP contribution in [0.15, 0.2) is 42.5 Å². The van der Waals surface area contributed by atoms with Crippen molar-refractivity contribution in [1.82, 2.24) is 5.32 Å². The Kier molecular flexibility index (Phi) is 6.38. The predicted molar refractivity (Wildman–Crippen MR) is 101 cm³/mol. The van der Waals surface area contributed by atoms with Gasteiger partial charge >= 0.3 is 6.18 Å². The smallest absolute Gasteiger partial charge is 0.350 e. The molecule has 0 saturated heterocycles. The molecule has 0 atom stereocenters. The number of anilines is 1. The third-order valence-electron chi connectivity index (χ3n) is 4.12. The second-order valence-electron chi connectivity index (χ2n) is 6.48. The van der Waals surface area contributed by atoms with Crippen LogP contribution in [0.3, 0.4) is 0 Å². The van der Waals surface area contributed by atoms with Crippen molar-refractivity contribution in [3.63, 3.8) is 0 Å². The van der Waals surface area contributed by atoms with Gasteiger partial charge in [0.05, 0.1) is 17.5 Å². The van der Waals surface area contributed by atoms with E-state index in [1.807, 2.05) is 0 Å². The lowest BCUT2D eigenvalue weighted by Crippen LogP contribution is -2.40. The lowest BCUT2D eigenvalue weighted by atomic mass is 10.1. The van der Waals surface area contributed by atoms with Crippen LogP contribution in [0.5, 0.6) is 0 Å². The Morgan fingerprint density at radius 3 is 2.18 bits per heavy atom. The van der Waals surface area contributed by atoms with Crippen molar-refractivity contribution in [2.45, 2.75) is 26.6 Å². The normalized spacial score (nSPS) is 11.9. The summed E-state index contributed by atoms with van der Waals surface area (Å²) in [6, 6.07) is 9.85. The van der Waals surface area contributed by atoms with Crippen LogP contribution in [0.2, 0.25) is 0 Å². The Bertz CT molecular complexity index is 952. The number of alkyl halides is 3. The molecule has 28 heavy (non-hydrogen) atoms. The maximum atomic E-state index is 12.8. The highest BCUT2D eigenvalue weighted by Crippen LogP contribution is 2.29. The maximum absolute atomic E-state index is 12.8. The highest BCUT2D eigenvalue weighted by Gasteiger charge is 2.30. The van der Waals surface area contributed by atoms with E-state index in [1.54, 1.807) is 32.0 Å². The average Bonchev–Trinajstić information content (AvgIpc) is 2.57. The van der Waals surface area contributed by atoms with E-state index in [9.17, 15) is 26.4 Å². The Labute approximate surface area is 162 Å². The lowest BCUT2D eigenvalue weighted by Gasteiger charge is -2.25. The van der Waals surface area contributed by atoms with Crippen LogP contribution in [0.1, 0.15) is 22.3 Å². The molecule has 0 aliphatic carbocycles. The molecule has 0 fully saturated rings. The molecule has 0 aliphatic heterocycles. The van der Waals surface area contributed by atoms with Gasteiger partial charge in [-0.05, 0) is 42.7 Å². The van der Waals surface area contributed by atoms with Crippen molar-refractivity contribution in [3.05, 3.63) is 64.7 Å². The van der Waals surface area contributed by atoms with E-state index in [2.05, 4.69) is 5.32 Å².